The van der Waals surface area contributed by atoms with Crippen molar-refractivity contribution in [3.8, 4) is 5.75 Å². The summed E-state index contributed by atoms with van der Waals surface area (Å²) in [6.45, 7) is 2.99. The summed E-state index contributed by atoms with van der Waals surface area (Å²) in [5.41, 5.74) is 0. The molecule has 2 rings (SSSR count). The number of halogens is 1. The second-order valence-electron chi connectivity index (χ2n) is 4.40. The molecule has 19 heavy (non-hydrogen) atoms. The number of amides is 1. The molecule has 1 aromatic rings. The van der Waals surface area contributed by atoms with Gasteiger partial charge in [-0.1, -0.05) is 6.07 Å². The van der Waals surface area contributed by atoms with E-state index in [0.29, 0.717) is 51.5 Å². The molecular weight excluding hydrogens is 249 g/mol. The van der Waals surface area contributed by atoms with Gasteiger partial charge in [-0.3, -0.25) is 4.79 Å². The highest BCUT2D eigenvalue weighted by molar-refractivity contribution is 5.76. The summed E-state index contributed by atoms with van der Waals surface area (Å²) in [6.07, 6.45) is 1.09. The molecule has 1 heterocycles. The van der Waals surface area contributed by atoms with Gasteiger partial charge in [-0.2, -0.15) is 0 Å². The molecule has 0 atom stereocenters. The first-order valence-corrected chi connectivity index (χ1v) is 6.49. The second-order valence-corrected chi connectivity index (χ2v) is 4.40. The van der Waals surface area contributed by atoms with Crippen molar-refractivity contribution < 1.29 is 18.7 Å². The van der Waals surface area contributed by atoms with Crippen LogP contribution in [-0.4, -0.2) is 43.7 Å². The van der Waals surface area contributed by atoms with Gasteiger partial charge in [0.25, 0.3) is 0 Å². The SMILES string of the molecule is O=C(CCCOc1cccc(F)c1)N1CCOCC1. The second kappa shape index (κ2) is 7.09. The highest BCUT2D eigenvalue weighted by atomic mass is 19.1. The average Bonchev–Trinajstić information content (AvgIpc) is 2.44. The number of ether oxygens (including phenoxy) is 2. The lowest BCUT2D eigenvalue weighted by Crippen LogP contribution is -2.40. The first-order valence-electron chi connectivity index (χ1n) is 6.49. The Bertz CT molecular complexity index is 419. The zero-order valence-corrected chi connectivity index (χ0v) is 10.8. The summed E-state index contributed by atoms with van der Waals surface area (Å²) in [5, 5.41) is 0. The minimum absolute atomic E-state index is 0.131. The number of benzene rings is 1. The molecule has 1 fully saturated rings. The third-order valence-electron chi connectivity index (χ3n) is 2.96. The van der Waals surface area contributed by atoms with Gasteiger partial charge in [0.05, 0.1) is 19.8 Å². The summed E-state index contributed by atoms with van der Waals surface area (Å²) in [6, 6.07) is 6.01. The van der Waals surface area contributed by atoms with Gasteiger partial charge in [-0.15, -0.1) is 0 Å². The van der Waals surface area contributed by atoms with Gasteiger partial charge >= 0.3 is 0 Å². The zero-order chi connectivity index (χ0) is 13.5. The highest BCUT2D eigenvalue weighted by Gasteiger charge is 2.15. The van der Waals surface area contributed by atoms with E-state index in [-0.39, 0.29) is 11.7 Å². The molecule has 1 aromatic carbocycles. The lowest BCUT2D eigenvalue weighted by Gasteiger charge is -2.26. The molecule has 1 saturated heterocycles. The Morgan fingerprint density at radius 1 is 1.37 bits per heavy atom. The van der Waals surface area contributed by atoms with Gasteiger partial charge in [0, 0.05) is 25.6 Å². The molecule has 5 heteroatoms. The smallest absolute Gasteiger partial charge is 0.222 e. The maximum absolute atomic E-state index is 12.9. The Balaban J connectivity index is 1.65. The number of morpholine rings is 1. The maximum atomic E-state index is 12.9. The van der Waals surface area contributed by atoms with Crippen LogP contribution in [-0.2, 0) is 9.53 Å². The molecular formula is C14H18FNO3. The lowest BCUT2D eigenvalue weighted by atomic mass is 10.2. The van der Waals surface area contributed by atoms with Crippen LogP contribution >= 0.6 is 0 Å². The zero-order valence-electron chi connectivity index (χ0n) is 10.8. The predicted octanol–water partition coefficient (Wildman–Crippen LogP) is 1.84. The molecule has 0 radical (unpaired) electrons. The van der Waals surface area contributed by atoms with E-state index in [1.807, 2.05) is 4.90 Å². The van der Waals surface area contributed by atoms with E-state index in [0.717, 1.165) is 0 Å². The van der Waals surface area contributed by atoms with Crippen molar-refractivity contribution in [2.45, 2.75) is 12.8 Å². The van der Waals surface area contributed by atoms with Crippen molar-refractivity contribution >= 4 is 5.91 Å². The van der Waals surface area contributed by atoms with E-state index in [1.165, 1.54) is 12.1 Å². The van der Waals surface area contributed by atoms with Crippen LogP contribution < -0.4 is 4.74 Å². The molecule has 1 amide bonds. The van der Waals surface area contributed by atoms with Crippen molar-refractivity contribution in [1.82, 2.24) is 4.90 Å². The van der Waals surface area contributed by atoms with Crippen LogP contribution in [0.3, 0.4) is 0 Å². The van der Waals surface area contributed by atoms with Gasteiger partial charge < -0.3 is 14.4 Å². The fourth-order valence-electron chi connectivity index (χ4n) is 1.94. The first-order chi connectivity index (χ1) is 9.25. The van der Waals surface area contributed by atoms with E-state index >= 15 is 0 Å². The van der Waals surface area contributed by atoms with Crippen molar-refractivity contribution in [2.24, 2.45) is 0 Å². The van der Waals surface area contributed by atoms with Gasteiger partial charge in [-0.05, 0) is 18.6 Å². The van der Waals surface area contributed by atoms with E-state index in [2.05, 4.69) is 0 Å². The van der Waals surface area contributed by atoms with Gasteiger partial charge in [0.15, 0.2) is 0 Å². The molecule has 0 aromatic heterocycles. The van der Waals surface area contributed by atoms with Crippen LogP contribution in [0, 0.1) is 5.82 Å². The first kappa shape index (κ1) is 13.8. The molecule has 1 aliphatic heterocycles. The fourth-order valence-corrected chi connectivity index (χ4v) is 1.94. The molecule has 0 saturated carbocycles. The van der Waals surface area contributed by atoms with Crippen molar-refractivity contribution in [2.75, 3.05) is 32.9 Å². The molecule has 0 unspecified atom stereocenters. The summed E-state index contributed by atoms with van der Waals surface area (Å²) in [7, 11) is 0. The van der Waals surface area contributed by atoms with E-state index in [1.54, 1.807) is 12.1 Å². The van der Waals surface area contributed by atoms with Crippen molar-refractivity contribution in [3.05, 3.63) is 30.1 Å². The minimum atomic E-state index is -0.318. The van der Waals surface area contributed by atoms with Crippen LogP contribution in [0.5, 0.6) is 5.75 Å². The van der Waals surface area contributed by atoms with Crippen LogP contribution in [0.2, 0.25) is 0 Å². The van der Waals surface area contributed by atoms with Crippen LogP contribution in [0.15, 0.2) is 24.3 Å². The molecule has 0 aliphatic carbocycles. The molecule has 0 N–H and O–H groups in total. The summed E-state index contributed by atoms with van der Waals surface area (Å²) >= 11 is 0. The van der Waals surface area contributed by atoms with Crippen LogP contribution in [0.1, 0.15) is 12.8 Å². The van der Waals surface area contributed by atoms with Crippen LogP contribution in [0.4, 0.5) is 4.39 Å². The summed E-state index contributed by atoms with van der Waals surface area (Å²) in [4.78, 5) is 13.6. The molecule has 0 spiro atoms. The monoisotopic (exact) mass is 267 g/mol. The molecule has 104 valence electrons. The Morgan fingerprint density at radius 2 is 2.16 bits per heavy atom. The predicted molar refractivity (Wildman–Crippen MR) is 68.5 cm³/mol. The Hall–Kier alpha value is -1.62. The van der Waals surface area contributed by atoms with Crippen molar-refractivity contribution in [1.29, 1.82) is 0 Å². The standard InChI is InChI=1S/C14H18FNO3/c15-12-3-1-4-13(11-12)19-8-2-5-14(17)16-6-9-18-10-7-16/h1,3-4,11H,2,5-10H2. The third-order valence-corrected chi connectivity index (χ3v) is 2.96. The quantitative estimate of drug-likeness (QED) is 0.764. The fraction of sp³-hybridized carbons (Fsp3) is 0.500. The average molecular weight is 267 g/mol. The highest BCUT2D eigenvalue weighted by Crippen LogP contribution is 2.12. The molecule has 0 bridgehead atoms. The van der Waals surface area contributed by atoms with E-state index < -0.39 is 0 Å². The largest absolute Gasteiger partial charge is 0.493 e. The number of carbonyl (C=O) groups is 1. The maximum Gasteiger partial charge on any atom is 0.222 e. The molecule has 4 nitrogen and oxygen atoms in total. The summed E-state index contributed by atoms with van der Waals surface area (Å²) in [5.74, 6) is 0.312. The number of nitrogens with zero attached hydrogens (tertiary/aromatic N) is 1. The number of rotatable bonds is 5. The third kappa shape index (κ3) is 4.52. The summed E-state index contributed by atoms with van der Waals surface area (Å²) < 4.78 is 23.5. The minimum Gasteiger partial charge on any atom is -0.493 e. The van der Waals surface area contributed by atoms with Gasteiger partial charge in [0.1, 0.15) is 11.6 Å². The molecule has 1 aliphatic rings. The number of hydrogen-bond acceptors (Lipinski definition) is 3. The van der Waals surface area contributed by atoms with Gasteiger partial charge in [-0.25, -0.2) is 4.39 Å². The Kier molecular flexibility index (Phi) is 5.15. The van der Waals surface area contributed by atoms with E-state index in [4.69, 9.17) is 9.47 Å². The van der Waals surface area contributed by atoms with E-state index in [9.17, 15) is 9.18 Å². The number of hydrogen-bond donors (Lipinski definition) is 0. The van der Waals surface area contributed by atoms with Crippen molar-refractivity contribution in [3.63, 3.8) is 0 Å². The van der Waals surface area contributed by atoms with Gasteiger partial charge in [0.2, 0.25) is 5.91 Å². The number of carbonyl (C=O) groups excluding carboxylic acids is 1. The Labute approximate surface area is 112 Å². The topological polar surface area (TPSA) is 38.8 Å². The Morgan fingerprint density at radius 3 is 2.89 bits per heavy atom. The lowest BCUT2D eigenvalue weighted by molar-refractivity contribution is -0.135. The van der Waals surface area contributed by atoms with Crippen LogP contribution in [0.25, 0.3) is 0 Å². The normalized spacial score (nSPS) is 15.3.